The van der Waals surface area contributed by atoms with Gasteiger partial charge in [-0.3, -0.25) is 4.79 Å². The number of carbonyl (C=O) groups excluding carboxylic acids is 1. The fraction of sp³-hybridized carbons (Fsp3) is 0.900. The van der Waals surface area contributed by atoms with E-state index in [0.29, 0.717) is 19.3 Å². The first-order valence-electron chi connectivity index (χ1n) is 5.53. The van der Waals surface area contributed by atoms with E-state index in [0.717, 1.165) is 0 Å². The molecular weight excluding hydrogens is 230 g/mol. The summed E-state index contributed by atoms with van der Waals surface area (Å²) in [5.41, 5.74) is 0. The molecule has 94 valence electrons. The molecule has 16 heavy (non-hydrogen) atoms. The van der Waals surface area contributed by atoms with Gasteiger partial charge in [0.25, 0.3) is 0 Å². The van der Waals surface area contributed by atoms with Gasteiger partial charge in [0.05, 0.1) is 18.6 Å². The average Bonchev–Trinajstić information content (AvgIpc) is 2.27. The fourth-order valence-corrected chi connectivity index (χ4v) is 3.33. The zero-order valence-electron chi connectivity index (χ0n) is 9.73. The Bertz CT molecular complexity index is 325. The van der Waals surface area contributed by atoms with Crippen LogP contribution in [0, 0.1) is 0 Å². The van der Waals surface area contributed by atoms with Crippen molar-refractivity contribution in [2.24, 2.45) is 0 Å². The number of hydrogen-bond donors (Lipinski definition) is 1. The van der Waals surface area contributed by atoms with Crippen molar-refractivity contribution < 1.29 is 17.9 Å². The molecule has 0 amide bonds. The third-order valence-electron chi connectivity index (χ3n) is 2.89. The SMILES string of the molecule is CCC(NC1CCS(=O)(=O)CC1)C(=O)OC. The Morgan fingerprint density at radius 3 is 2.44 bits per heavy atom. The van der Waals surface area contributed by atoms with E-state index in [-0.39, 0.29) is 29.6 Å². The highest BCUT2D eigenvalue weighted by Crippen LogP contribution is 2.13. The Morgan fingerprint density at radius 1 is 1.44 bits per heavy atom. The van der Waals surface area contributed by atoms with Crippen molar-refractivity contribution in [1.29, 1.82) is 0 Å². The summed E-state index contributed by atoms with van der Waals surface area (Å²) < 4.78 is 27.1. The maximum Gasteiger partial charge on any atom is 0.322 e. The zero-order chi connectivity index (χ0) is 12.2. The smallest absolute Gasteiger partial charge is 0.322 e. The van der Waals surface area contributed by atoms with Gasteiger partial charge in [0.15, 0.2) is 0 Å². The van der Waals surface area contributed by atoms with Crippen LogP contribution in [0.5, 0.6) is 0 Å². The molecule has 1 heterocycles. The Kier molecular flexibility index (Phi) is 4.73. The molecule has 6 heteroatoms. The number of nitrogens with one attached hydrogen (secondary N) is 1. The van der Waals surface area contributed by atoms with E-state index in [4.69, 9.17) is 0 Å². The Balaban J connectivity index is 2.46. The molecule has 1 N–H and O–H groups in total. The number of sulfone groups is 1. The molecule has 1 fully saturated rings. The lowest BCUT2D eigenvalue weighted by Gasteiger charge is -2.26. The van der Waals surface area contributed by atoms with Gasteiger partial charge in [0.1, 0.15) is 15.9 Å². The Morgan fingerprint density at radius 2 is 2.00 bits per heavy atom. The molecular formula is C10H19NO4S. The van der Waals surface area contributed by atoms with Crippen LogP contribution in [0.1, 0.15) is 26.2 Å². The third kappa shape index (κ3) is 3.75. The van der Waals surface area contributed by atoms with Crippen molar-refractivity contribution in [3.8, 4) is 0 Å². The van der Waals surface area contributed by atoms with Gasteiger partial charge in [-0.25, -0.2) is 8.42 Å². The summed E-state index contributed by atoms with van der Waals surface area (Å²) in [6.07, 6.45) is 1.81. The van der Waals surface area contributed by atoms with Crippen molar-refractivity contribution >= 4 is 15.8 Å². The maximum atomic E-state index is 11.3. The van der Waals surface area contributed by atoms with Crippen molar-refractivity contribution in [3.05, 3.63) is 0 Å². The molecule has 5 nitrogen and oxygen atoms in total. The predicted octanol–water partition coefficient (Wildman–Crippen LogP) is 0.105. The second kappa shape index (κ2) is 5.63. The van der Waals surface area contributed by atoms with E-state index in [9.17, 15) is 13.2 Å². The van der Waals surface area contributed by atoms with Gasteiger partial charge in [-0.15, -0.1) is 0 Å². The minimum atomic E-state index is -2.84. The van der Waals surface area contributed by atoms with Gasteiger partial charge >= 0.3 is 5.97 Å². The van der Waals surface area contributed by atoms with Crippen LogP contribution in [0.2, 0.25) is 0 Å². The summed E-state index contributed by atoms with van der Waals surface area (Å²) in [6, 6.07) is -0.219. The Labute approximate surface area is 96.5 Å². The van der Waals surface area contributed by atoms with Gasteiger partial charge in [-0.2, -0.15) is 0 Å². The molecule has 0 aromatic rings. The van der Waals surface area contributed by atoms with E-state index in [1.54, 1.807) is 0 Å². The second-order valence-electron chi connectivity index (χ2n) is 4.08. The number of methoxy groups -OCH3 is 1. The summed E-state index contributed by atoms with van der Waals surface area (Å²) in [6.45, 7) is 1.90. The number of hydrogen-bond acceptors (Lipinski definition) is 5. The first kappa shape index (κ1) is 13.4. The molecule has 0 aromatic carbocycles. The molecule has 1 unspecified atom stereocenters. The number of carbonyl (C=O) groups is 1. The molecule has 1 atom stereocenters. The van der Waals surface area contributed by atoms with Crippen LogP contribution in [-0.4, -0.2) is 45.1 Å². The summed E-state index contributed by atoms with van der Waals surface area (Å²) in [5, 5.41) is 3.16. The normalized spacial score (nSPS) is 22.6. The van der Waals surface area contributed by atoms with Crippen LogP contribution < -0.4 is 5.32 Å². The number of esters is 1. The topological polar surface area (TPSA) is 72.5 Å². The predicted molar refractivity (Wildman–Crippen MR) is 60.9 cm³/mol. The van der Waals surface area contributed by atoms with Gasteiger partial charge < -0.3 is 10.1 Å². The number of ether oxygens (including phenoxy) is 1. The molecule has 0 spiro atoms. The first-order chi connectivity index (χ1) is 7.48. The van der Waals surface area contributed by atoms with E-state index in [1.807, 2.05) is 6.92 Å². The molecule has 1 saturated heterocycles. The summed E-state index contributed by atoms with van der Waals surface area (Å²) in [5.74, 6) is 0.140. The number of rotatable bonds is 4. The fourth-order valence-electron chi connectivity index (χ4n) is 1.84. The van der Waals surface area contributed by atoms with E-state index < -0.39 is 9.84 Å². The van der Waals surface area contributed by atoms with Crippen LogP contribution in [0.3, 0.4) is 0 Å². The molecule has 0 radical (unpaired) electrons. The van der Waals surface area contributed by atoms with Gasteiger partial charge in [0, 0.05) is 6.04 Å². The third-order valence-corrected chi connectivity index (χ3v) is 4.60. The first-order valence-corrected chi connectivity index (χ1v) is 7.35. The van der Waals surface area contributed by atoms with E-state index in [2.05, 4.69) is 10.1 Å². The van der Waals surface area contributed by atoms with Gasteiger partial charge in [-0.1, -0.05) is 6.92 Å². The lowest BCUT2D eigenvalue weighted by atomic mass is 10.1. The minimum Gasteiger partial charge on any atom is -0.468 e. The standard InChI is InChI=1S/C10H19NO4S/c1-3-9(10(12)15-2)11-8-4-6-16(13,14)7-5-8/h8-9,11H,3-7H2,1-2H3. The van der Waals surface area contributed by atoms with Crippen molar-refractivity contribution in [1.82, 2.24) is 5.32 Å². The molecule has 1 aliphatic heterocycles. The van der Waals surface area contributed by atoms with Crippen LogP contribution in [0.4, 0.5) is 0 Å². The highest BCUT2D eigenvalue weighted by Gasteiger charge is 2.27. The lowest BCUT2D eigenvalue weighted by Crippen LogP contribution is -2.46. The second-order valence-corrected chi connectivity index (χ2v) is 6.38. The summed E-state index contributed by atoms with van der Waals surface area (Å²) in [4.78, 5) is 11.3. The highest BCUT2D eigenvalue weighted by molar-refractivity contribution is 7.91. The largest absolute Gasteiger partial charge is 0.468 e. The molecule has 0 aliphatic carbocycles. The molecule has 0 aromatic heterocycles. The van der Waals surface area contributed by atoms with Crippen LogP contribution in [0.25, 0.3) is 0 Å². The highest BCUT2D eigenvalue weighted by atomic mass is 32.2. The van der Waals surface area contributed by atoms with E-state index >= 15 is 0 Å². The van der Waals surface area contributed by atoms with Crippen LogP contribution >= 0.6 is 0 Å². The monoisotopic (exact) mass is 249 g/mol. The zero-order valence-corrected chi connectivity index (χ0v) is 10.5. The lowest BCUT2D eigenvalue weighted by molar-refractivity contribution is -0.143. The van der Waals surface area contributed by atoms with Crippen LogP contribution in [-0.2, 0) is 19.4 Å². The van der Waals surface area contributed by atoms with Gasteiger partial charge in [-0.05, 0) is 19.3 Å². The van der Waals surface area contributed by atoms with Crippen molar-refractivity contribution in [3.63, 3.8) is 0 Å². The minimum absolute atomic E-state index is 0.104. The molecule has 0 bridgehead atoms. The van der Waals surface area contributed by atoms with Crippen molar-refractivity contribution in [2.45, 2.75) is 38.3 Å². The van der Waals surface area contributed by atoms with Crippen molar-refractivity contribution in [2.75, 3.05) is 18.6 Å². The van der Waals surface area contributed by atoms with E-state index in [1.165, 1.54) is 7.11 Å². The maximum absolute atomic E-state index is 11.3. The van der Waals surface area contributed by atoms with Gasteiger partial charge in [0.2, 0.25) is 0 Å². The summed E-state index contributed by atoms with van der Waals surface area (Å²) >= 11 is 0. The quantitative estimate of drug-likeness (QED) is 0.716. The molecule has 1 rings (SSSR count). The molecule has 1 aliphatic rings. The average molecular weight is 249 g/mol. The summed E-state index contributed by atoms with van der Waals surface area (Å²) in [7, 11) is -1.48. The molecule has 0 saturated carbocycles. The Hall–Kier alpha value is -0.620. The van der Waals surface area contributed by atoms with Crippen LogP contribution in [0.15, 0.2) is 0 Å².